The summed E-state index contributed by atoms with van der Waals surface area (Å²) in [5.74, 6) is 1.41. The second-order valence-corrected chi connectivity index (χ2v) is 9.29. The zero-order chi connectivity index (χ0) is 20.9. The molecule has 4 nitrogen and oxygen atoms in total. The maximum absolute atomic E-state index is 12.7. The summed E-state index contributed by atoms with van der Waals surface area (Å²) in [7, 11) is 0. The van der Waals surface area contributed by atoms with Crippen molar-refractivity contribution in [1.82, 2.24) is 10.2 Å². The van der Waals surface area contributed by atoms with Crippen molar-refractivity contribution in [3.63, 3.8) is 0 Å². The van der Waals surface area contributed by atoms with E-state index in [2.05, 4.69) is 34.6 Å². The molecular formula is C25H29N3OS. The van der Waals surface area contributed by atoms with Crippen molar-refractivity contribution in [2.24, 2.45) is 5.92 Å². The molecular weight excluding hydrogens is 390 g/mol. The summed E-state index contributed by atoms with van der Waals surface area (Å²) in [6, 6.07) is 16.2. The van der Waals surface area contributed by atoms with Crippen LogP contribution in [0, 0.1) is 12.8 Å². The van der Waals surface area contributed by atoms with Crippen molar-refractivity contribution in [2.45, 2.75) is 58.3 Å². The maximum Gasteiger partial charge on any atom is 0.257 e. The van der Waals surface area contributed by atoms with E-state index in [0.717, 1.165) is 22.1 Å². The van der Waals surface area contributed by atoms with E-state index in [0.29, 0.717) is 16.6 Å². The van der Waals surface area contributed by atoms with Gasteiger partial charge in [-0.05, 0) is 67.7 Å². The molecule has 0 aliphatic heterocycles. The molecule has 5 heteroatoms. The summed E-state index contributed by atoms with van der Waals surface area (Å²) >= 11 is 1.40. The first-order valence-corrected chi connectivity index (χ1v) is 11.8. The Morgan fingerprint density at radius 1 is 1.03 bits per heavy atom. The Hall–Kier alpha value is -2.53. The average molecular weight is 420 g/mol. The summed E-state index contributed by atoms with van der Waals surface area (Å²) in [5.41, 5.74) is 4.21. The Bertz CT molecular complexity index is 988. The Labute approximate surface area is 182 Å². The number of carbonyl (C=O) groups is 1. The van der Waals surface area contributed by atoms with Gasteiger partial charge in [0, 0.05) is 11.1 Å². The van der Waals surface area contributed by atoms with Crippen LogP contribution in [-0.4, -0.2) is 16.1 Å². The highest BCUT2D eigenvalue weighted by Gasteiger charge is 2.22. The summed E-state index contributed by atoms with van der Waals surface area (Å²) < 4.78 is 0. The average Bonchev–Trinajstić information content (AvgIpc) is 3.23. The topological polar surface area (TPSA) is 54.9 Å². The van der Waals surface area contributed by atoms with Gasteiger partial charge in [-0.25, -0.2) is 0 Å². The van der Waals surface area contributed by atoms with Crippen molar-refractivity contribution >= 4 is 22.4 Å². The molecule has 0 unspecified atom stereocenters. The number of amides is 1. The van der Waals surface area contributed by atoms with Gasteiger partial charge in [0.2, 0.25) is 5.13 Å². The Balaban J connectivity index is 1.37. The van der Waals surface area contributed by atoms with Crippen LogP contribution >= 0.6 is 11.3 Å². The summed E-state index contributed by atoms with van der Waals surface area (Å²) in [4.78, 5) is 12.7. The molecule has 1 N–H and O–H groups in total. The van der Waals surface area contributed by atoms with Crippen LogP contribution in [0.3, 0.4) is 0 Å². The fourth-order valence-corrected chi connectivity index (χ4v) is 5.29. The highest BCUT2D eigenvalue weighted by atomic mass is 32.1. The zero-order valence-corrected chi connectivity index (χ0v) is 18.5. The zero-order valence-electron chi connectivity index (χ0n) is 17.7. The number of hydrogen-bond donors (Lipinski definition) is 1. The van der Waals surface area contributed by atoms with Crippen LogP contribution in [0.2, 0.25) is 0 Å². The lowest BCUT2D eigenvalue weighted by Gasteiger charge is -2.28. The number of hydrogen-bond acceptors (Lipinski definition) is 4. The highest BCUT2D eigenvalue weighted by Crippen LogP contribution is 2.37. The van der Waals surface area contributed by atoms with Gasteiger partial charge in [0.25, 0.3) is 5.91 Å². The minimum Gasteiger partial charge on any atom is -0.296 e. The van der Waals surface area contributed by atoms with Gasteiger partial charge in [0.1, 0.15) is 5.01 Å². The molecule has 1 amide bonds. The van der Waals surface area contributed by atoms with Crippen molar-refractivity contribution in [2.75, 3.05) is 5.32 Å². The number of nitrogens with zero attached hydrogens (tertiary/aromatic N) is 2. The van der Waals surface area contributed by atoms with Gasteiger partial charge in [-0.15, -0.1) is 10.2 Å². The Morgan fingerprint density at radius 2 is 1.77 bits per heavy atom. The van der Waals surface area contributed by atoms with E-state index in [1.165, 1.54) is 55.4 Å². The third kappa shape index (κ3) is 4.78. The monoisotopic (exact) mass is 419 g/mol. The number of benzene rings is 2. The van der Waals surface area contributed by atoms with Crippen LogP contribution in [-0.2, 0) is 0 Å². The molecule has 1 fully saturated rings. The molecule has 0 radical (unpaired) electrons. The van der Waals surface area contributed by atoms with Gasteiger partial charge >= 0.3 is 0 Å². The minimum atomic E-state index is -0.138. The molecule has 0 saturated heterocycles. The van der Waals surface area contributed by atoms with E-state index in [1.807, 2.05) is 43.3 Å². The van der Waals surface area contributed by atoms with Crippen molar-refractivity contribution in [3.8, 4) is 10.6 Å². The highest BCUT2D eigenvalue weighted by molar-refractivity contribution is 7.18. The maximum atomic E-state index is 12.7. The van der Waals surface area contributed by atoms with Gasteiger partial charge in [-0.2, -0.15) is 0 Å². The first-order valence-electron chi connectivity index (χ1n) is 10.9. The first-order chi connectivity index (χ1) is 14.6. The van der Waals surface area contributed by atoms with E-state index in [9.17, 15) is 4.79 Å². The van der Waals surface area contributed by atoms with Crippen LogP contribution in [0.5, 0.6) is 0 Å². The third-order valence-electron chi connectivity index (χ3n) is 6.21. The standard InChI is InChI=1S/C25H29N3OS/c1-3-6-18-9-11-19(12-10-18)20-13-15-21(16-14-20)23(29)26-25-28-27-24(30-25)22-8-5-4-7-17(22)2/h4-5,7-8,13-16,18-19H,3,6,9-12H2,1-2H3,(H,26,28,29). The van der Waals surface area contributed by atoms with Gasteiger partial charge < -0.3 is 0 Å². The SMILES string of the molecule is CCCC1CCC(c2ccc(C(=O)Nc3nnc(-c4ccccc4C)s3)cc2)CC1. The van der Waals surface area contributed by atoms with Crippen LogP contribution in [0.15, 0.2) is 48.5 Å². The lowest BCUT2D eigenvalue weighted by molar-refractivity contribution is 0.102. The number of carbonyl (C=O) groups excluding carboxylic acids is 1. The molecule has 1 heterocycles. The lowest BCUT2D eigenvalue weighted by atomic mass is 9.77. The van der Waals surface area contributed by atoms with Crippen LogP contribution in [0.1, 0.15) is 72.9 Å². The number of nitrogens with one attached hydrogen (secondary N) is 1. The van der Waals surface area contributed by atoms with Gasteiger partial charge in [0.05, 0.1) is 0 Å². The van der Waals surface area contributed by atoms with Gasteiger partial charge in [-0.1, -0.05) is 67.5 Å². The van der Waals surface area contributed by atoms with E-state index in [1.54, 1.807) is 0 Å². The number of aromatic nitrogens is 2. The van der Waals surface area contributed by atoms with Crippen molar-refractivity contribution in [1.29, 1.82) is 0 Å². The molecule has 1 aromatic heterocycles. The Morgan fingerprint density at radius 3 is 2.47 bits per heavy atom. The number of anilines is 1. The smallest absolute Gasteiger partial charge is 0.257 e. The van der Waals surface area contributed by atoms with Crippen LogP contribution in [0.4, 0.5) is 5.13 Å². The number of rotatable bonds is 6. The summed E-state index contributed by atoms with van der Waals surface area (Å²) in [6.07, 6.45) is 7.86. The minimum absolute atomic E-state index is 0.138. The van der Waals surface area contributed by atoms with E-state index in [-0.39, 0.29) is 5.91 Å². The molecule has 156 valence electrons. The lowest BCUT2D eigenvalue weighted by Crippen LogP contribution is -2.14. The fraction of sp³-hybridized carbons (Fsp3) is 0.400. The molecule has 0 atom stereocenters. The molecule has 1 aliphatic rings. The second kappa shape index (κ2) is 9.52. The van der Waals surface area contributed by atoms with Crippen LogP contribution < -0.4 is 5.32 Å². The number of aryl methyl sites for hydroxylation is 1. The van der Waals surface area contributed by atoms with Crippen molar-refractivity contribution in [3.05, 3.63) is 65.2 Å². The molecule has 2 aromatic carbocycles. The predicted molar refractivity (Wildman–Crippen MR) is 124 cm³/mol. The molecule has 4 rings (SSSR count). The molecule has 1 saturated carbocycles. The summed E-state index contributed by atoms with van der Waals surface area (Å²) in [6.45, 7) is 4.33. The molecule has 0 bridgehead atoms. The van der Waals surface area contributed by atoms with E-state index in [4.69, 9.17) is 0 Å². The van der Waals surface area contributed by atoms with E-state index < -0.39 is 0 Å². The normalized spacial score (nSPS) is 18.9. The Kier molecular flexibility index (Phi) is 6.58. The molecule has 3 aromatic rings. The third-order valence-corrected chi connectivity index (χ3v) is 7.08. The van der Waals surface area contributed by atoms with Crippen molar-refractivity contribution < 1.29 is 4.79 Å². The molecule has 1 aliphatic carbocycles. The second-order valence-electron chi connectivity index (χ2n) is 8.31. The molecule has 30 heavy (non-hydrogen) atoms. The fourth-order valence-electron chi connectivity index (χ4n) is 4.46. The van der Waals surface area contributed by atoms with Crippen LogP contribution in [0.25, 0.3) is 10.6 Å². The summed E-state index contributed by atoms with van der Waals surface area (Å²) in [5, 5.41) is 12.6. The largest absolute Gasteiger partial charge is 0.296 e. The van der Waals surface area contributed by atoms with Gasteiger partial charge in [-0.3, -0.25) is 10.1 Å². The van der Waals surface area contributed by atoms with E-state index >= 15 is 0 Å². The van der Waals surface area contributed by atoms with Gasteiger partial charge in [0.15, 0.2) is 0 Å². The first kappa shape index (κ1) is 20.7. The quantitative estimate of drug-likeness (QED) is 0.476. The molecule has 0 spiro atoms. The predicted octanol–water partition coefficient (Wildman–Crippen LogP) is 6.84.